The standard InChI is InChI=1S/C12H11BrO2/c1-15-12(14)5-3-2-4-10-6-8-11(13)9-7-10/h2-9H,1H3/b4-2+,5-3+. The highest BCUT2D eigenvalue weighted by Gasteiger charge is 1.88. The van der Waals surface area contributed by atoms with Gasteiger partial charge < -0.3 is 4.74 Å². The smallest absolute Gasteiger partial charge is 0.330 e. The van der Waals surface area contributed by atoms with Crippen molar-refractivity contribution in [1.29, 1.82) is 0 Å². The van der Waals surface area contributed by atoms with Crippen LogP contribution in [0.1, 0.15) is 5.56 Å². The van der Waals surface area contributed by atoms with Gasteiger partial charge in [0.05, 0.1) is 7.11 Å². The Labute approximate surface area is 97.4 Å². The summed E-state index contributed by atoms with van der Waals surface area (Å²) in [5.74, 6) is -0.351. The van der Waals surface area contributed by atoms with Gasteiger partial charge in [0.25, 0.3) is 0 Å². The van der Waals surface area contributed by atoms with Gasteiger partial charge in [0.2, 0.25) is 0 Å². The first-order valence-corrected chi connectivity index (χ1v) is 5.20. The van der Waals surface area contributed by atoms with Gasteiger partial charge in [-0.15, -0.1) is 0 Å². The lowest BCUT2D eigenvalue weighted by Gasteiger charge is -1.92. The third-order valence-corrected chi connectivity index (χ3v) is 2.23. The SMILES string of the molecule is COC(=O)/C=C/C=C/c1ccc(Br)cc1. The van der Waals surface area contributed by atoms with E-state index in [2.05, 4.69) is 20.7 Å². The summed E-state index contributed by atoms with van der Waals surface area (Å²) in [6.45, 7) is 0. The first kappa shape index (κ1) is 11.7. The fourth-order valence-corrected chi connectivity index (χ4v) is 1.21. The number of hydrogen-bond acceptors (Lipinski definition) is 2. The zero-order valence-electron chi connectivity index (χ0n) is 8.31. The van der Waals surface area contributed by atoms with E-state index in [-0.39, 0.29) is 5.97 Å². The van der Waals surface area contributed by atoms with Crippen molar-refractivity contribution >= 4 is 28.0 Å². The second-order valence-corrected chi connectivity index (χ2v) is 3.71. The number of benzene rings is 1. The summed E-state index contributed by atoms with van der Waals surface area (Å²) in [5.41, 5.74) is 1.08. The van der Waals surface area contributed by atoms with Gasteiger partial charge in [-0.2, -0.15) is 0 Å². The highest BCUT2D eigenvalue weighted by atomic mass is 79.9. The fraction of sp³-hybridized carbons (Fsp3) is 0.0833. The van der Waals surface area contributed by atoms with E-state index in [4.69, 9.17) is 0 Å². The van der Waals surface area contributed by atoms with E-state index in [0.29, 0.717) is 0 Å². The normalized spacial score (nSPS) is 11.1. The number of halogens is 1. The molecule has 78 valence electrons. The molecule has 0 atom stereocenters. The van der Waals surface area contributed by atoms with Crippen LogP contribution in [0.4, 0.5) is 0 Å². The van der Waals surface area contributed by atoms with Crippen LogP contribution in [0.5, 0.6) is 0 Å². The molecule has 1 rings (SSSR count). The van der Waals surface area contributed by atoms with E-state index in [1.54, 1.807) is 12.2 Å². The number of rotatable bonds is 3. The third-order valence-electron chi connectivity index (χ3n) is 1.70. The van der Waals surface area contributed by atoms with Gasteiger partial charge in [-0.3, -0.25) is 0 Å². The van der Waals surface area contributed by atoms with Gasteiger partial charge in [0.1, 0.15) is 0 Å². The van der Waals surface area contributed by atoms with E-state index in [1.165, 1.54) is 13.2 Å². The molecule has 1 aromatic rings. The van der Waals surface area contributed by atoms with Crippen LogP contribution in [0.3, 0.4) is 0 Å². The molecule has 0 heterocycles. The topological polar surface area (TPSA) is 26.3 Å². The molecule has 0 bridgehead atoms. The molecule has 0 amide bonds. The lowest BCUT2D eigenvalue weighted by atomic mass is 10.2. The first-order valence-electron chi connectivity index (χ1n) is 4.40. The number of carbonyl (C=O) groups is 1. The predicted octanol–water partition coefficient (Wildman–Crippen LogP) is 3.19. The first-order chi connectivity index (χ1) is 7.22. The van der Waals surface area contributed by atoms with E-state index >= 15 is 0 Å². The molecule has 0 aliphatic rings. The second kappa shape index (κ2) is 6.19. The van der Waals surface area contributed by atoms with Crippen molar-refractivity contribution in [2.75, 3.05) is 7.11 Å². The maximum absolute atomic E-state index is 10.7. The lowest BCUT2D eigenvalue weighted by Crippen LogP contribution is -1.92. The van der Waals surface area contributed by atoms with Crippen LogP contribution >= 0.6 is 15.9 Å². The molecule has 3 heteroatoms. The highest BCUT2D eigenvalue weighted by molar-refractivity contribution is 9.10. The van der Waals surface area contributed by atoms with Gasteiger partial charge in [-0.25, -0.2) is 4.79 Å². The van der Waals surface area contributed by atoms with Crippen molar-refractivity contribution in [2.24, 2.45) is 0 Å². The van der Waals surface area contributed by atoms with Crippen LogP contribution in [-0.4, -0.2) is 13.1 Å². The predicted molar refractivity (Wildman–Crippen MR) is 64.3 cm³/mol. The monoisotopic (exact) mass is 266 g/mol. The molecular weight excluding hydrogens is 256 g/mol. The Bertz CT molecular complexity index is 377. The van der Waals surface area contributed by atoms with E-state index in [9.17, 15) is 4.79 Å². The molecule has 1 aromatic carbocycles. The Hall–Kier alpha value is -1.35. The summed E-state index contributed by atoms with van der Waals surface area (Å²) in [6, 6.07) is 7.88. The van der Waals surface area contributed by atoms with Crippen molar-refractivity contribution in [3.8, 4) is 0 Å². The summed E-state index contributed by atoms with van der Waals surface area (Å²) in [4.78, 5) is 10.7. The summed E-state index contributed by atoms with van der Waals surface area (Å²) in [7, 11) is 1.35. The van der Waals surface area contributed by atoms with E-state index in [0.717, 1.165) is 10.0 Å². The summed E-state index contributed by atoms with van der Waals surface area (Å²) < 4.78 is 5.50. The third kappa shape index (κ3) is 4.61. The number of ether oxygens (including phenoxy) is 1. The average Bonchev–Trinajstić information content (AvgIpc) is 2.26. The van der Waals surface area contributed by atoms with Crippen LogP contribution in [0, 0.1) is 0 Å². The van der Waals surface area contributed by atoms with Gasteiger partial charge in [0.15, 0.2) is 0 Å². The number of carbonyl (C=O) groups excluding carboxylic acids is 1. The van der Waals surface area contributed by atoms with Crippen molar-refractivity contribution in [3.63, 3.8) is 0 Å². The quantitative estimate of drug-likeness (QED) is 0.477. The number of esters is 1. The zero-order chi connectivity index (χ0) is 11.1. The van der Waals surface area contributed by atoms with Crippen LogP contribution in [-0.2, 0) is 9.53 Å². The Morgan fingerprint density at radius 2 is 1.93 bits per heavy atom. The summed E-state index contributed by atoms with van der Waals surface area (Å²) in [6.07, 6.45) is 6.72. The number of hydrogen-bond donors (Lipinski definition) is 0. The van der Waals surface area contributed by atoms with Crippen LogP contribution in [0.2, 0.25) is 0 Å². The molecule has 15 heavy (non-hydrogen) atoms. The number of methoxy groups -OCH3 is 1. The maximum Gasteiger partial charge on any atom is 0.330 e. The summed E-state index contributed by atoms with van der Waals surface area (Å²) in [5, 5.41) is 0. The molecule has 0 aliphatic carbocycles. The minimum absolute atomic E-state index is 0.351. The largest absolute Gasteiger partial charge is 0.466 e. The van der Waals surface area contributed by atoms with Crippen LogP contribution in [0.15, 0.2) is 47.0 Å². The highest BCUT2D eigenvalue weighted by Crippen LogP contribution is 2.11. The molecule has 0 N–H and O–H groups in total. The minimum Gasteiger partial charge on any atom is -0.466 e. The van der Waals surface area contributed by atoms with E-state index in [1.807, 2.05) is 30.3 Å². The maximum atomic E-state index is 10.7. The molecule has 0 aromatic heterocycles. The van der Waals surface area contributed by atoms with Gasteiger partial charge in [-0.1, -0.05) is 46.3 Å². The molecule has 0 saturated carbocycles. The molecule has 0 spiro atoms. The van der Waals surface area contributed by atoms with Crippen LogP contribution in [0.25, 0.3) is 6.08 Å². The van der Waals surface area contributed by atoms with Gasteiger partial charge >= 0.3 is 5.97 Å². The Morgan fingerprint density at radius 3 is 2.53 bits per heavy atom. The molecule has 0 saturated heterocycles. The Kier molecular flexibility index (Phi) is 4.84. The van der Waals surface area contributed by atoms with Crippen molar-refractivity contribution < 1.29 is 9.53 Å². The average molecular weight is 267 g/mol. The fourth-order valence-electron chi connectivity index (χ4n) is 0.943. The van der Waals surface area contributed by atoms with Crippen molar-refractivity contribution in [2.45, 2.75) is 0 Å². The van der Waals surface area contributed by atoms with Crippen molar-refractivity contribution in [3.05, 3.63) is 52.5 Å². The lowest BCUT2D eigenvalue weighted by molar-refractivity contribution is -0.134. The zero-order valence-corrected chi connectivity index (χ0v) is 9.90. The van der Waals surface area contributed by atoms with Gasteiger partial charge in [-0.05, 0) is 17.7 Å². The van der Waals surface area contributed by atoms with Crippen LogP contribution < -0.4 is 0 Å². The molecular formula is C12H11BrO2. The second-order valence-electron chi connectivity index (χ2n) is 2.79. The number of allylic oxidation sites excluding steroid dienone is 2. The van der Waals surface area contributed by atoms with E-state index < -0.39 is 0 Å². The molecule has 0 unspecified atom stereocenters. The van der Waals surface area contributed by atoms with Gasteiger partial charge in [0, 0.05) is 10.5 Å². The van der Waals surface area contributed by atoms with Crippen molar-refractivity contribution in [1.82, 2.24) is 0 Å². The minimum atomic E-state index is -0.351. The Balaban J connectivity index is 2.55. The molecule has 0 radical (unpaired) electrons. The Morgan fingerprint density at radius 1 is 1.27 bits per heavy atom. The molecule has 0 aliphatic heterocycles. The molecule has 2 nitrogen and oxygen atoms in total. The molecule has 0 fully saturated rings. The summed E-state index contributed by atoms with van der Waals surface area (Å²) >= 11 is 3.36.